The molecular weight excluding hydrogens is 334 g/mol. The van der Waals surface area contributed by atoms with Gasteiger partial charge in [-0.2, -0.15) is 0 Å². The minimum Gasteiger partial charge on any atom is -0.482 e. The molecule has 0 amide bonds. The van der Waals surface area contributed by atoms with Crippen LogP contribution >= 0.6 is 0 Å². The van der Waals surface area contributed by atoms with Crippen LogP contribution in [0.15, 0.2) is 58.2 Å². The summed E-state index contributed by atoms with van der Waals surface area (Å²) in [6.07, 6.45) is 2.14. The minimum atomic E-state index is -0.494. The van der Waals surface area contributed by atoms with Crippen LogP contribution in [0.1, 0.15) is 34.1 Å². The van der Waals surface area contributed by atoms with Crippen molar-refractivity contribution in [1.29, 1.82) is 0 Å². The van der Waals surface area contributed by atoms with E-state index in [2.05, 4.69) is 0 Å². The number of allylic oxidation sites excluding steroid dienone is 5. The molecule has 0 spiro atoms. The van der Waals surface area contributed by atoms with Crippen molar-refractivity contribution in [2.24, 2.45) is 0 Å². The molecule has 1 aromatic carbocycles. The molecule has 0 saturated carbocycles. The lowest BCUT2D eigenvalue weighted by atomic mass is 9.84. The van der Waals surface area contributed by atoms with Crippen LogP contribution < -0.4 is 4.74 Å². The van der Waals surface area contributed by atoms with Gasteiger partial charge in [0, 0.05) is 28.4 Å². The number of nitrogens with zero attached hydrogens (tertiary/aromatic N) is 1. The molecule has 2 rings (SSSR count). The third-order valence-corrected chi connectivity index (χ3v) is 4.48. The summed E-state index contributed by atoms with van der Waals surface area (Å²) in [6, 6.07) is 6.16. The number of ether oxygens (including phenoxy) is 1. The van der Waals surface area contributed by atoms with Gasteiger partial charge in [-0.3, -0.25) is 19.7 Å². The Morgan fingerprint density at radius 3 is 2.35 bits per heavy atom. The van der Waals surface area contributed by atoms with Gasteiger partial charge in [-0.15, -0.1) is 0 Å². The van der Waals surface area contributed by atoms with Crippen LogP contribution in [0.2, 0.25) is 0 Å². The first kappa shape index (κ1) is 19.3. The smallest absolute Gasteiger partial charge is 0.310 e. The minimum absolute atomic E-state index is 0.0943. The molecule has 0 N–H and O–H groups in total. The molecule has 0 aliphatic heterocycles. The number of para-hydroxylation sites is 2. The normalized spacial score (nSPS) is 15.6. The van der Waals surface area contributed by atoms with E-state index in [-0.39, 0.29) is 29.6 Å². The van der Waals surface area contributed by atoms with Gasteiger partial charge in [-0.1, -0.05) is 18.2 Å². The standard InChI is InChI=1S/C20H21NO5/c1-12(11-26-18-8-6-5-7-17(18)21(24)25)9-10-16-15(4)19(22)13(2)14(3)20(16)23/h5-9H,10-11H2,1-4H3/b12-9+. The molecule has 0 fully saturated rings. The Bertz CT molecular complexity index is 874. The average molecular weight is 355 g/mol. The Labute approximate surface area is 152 Å². The second-order valence-corrected chi connectivity index (χ2v) is 6.28. The Morgan fingerprint density at radius 2 is 1.69 bits per heavy atom. The van der Waals surface area contributed by atoms with Gasteiger partial charge in [-0.25, -0.2) is 0 Å². The summed E-state index contributed by atoms with van der Waals surface area (Å²) in [4.78, 5) is 35.1. The van der Waals surface area contributed by atoms with E-state index in [1.807, 2.05) is 13.0 Å². The van der Waals surface area contributed by atoms with Crippen LogP contribution in [-0.2, 0) is 9.59 Å². The van der Waals surface area contributed by atoms with E-state index in [4.69, 9.17) is 4.74 Å². The van der Waals surface area contributed by atoms with Crippen LogP contribution in [0.25, 0.3) is 0 Å². The fourth-order valence-electron chi connectivity index (χ4n) is 2.66. The van der Waals surface area contributed by atoms with Crippen molar-refractivity contribution in [3.63, 3.8) is 0 Å². The van der Waals surface area contributed by atoms with Gasteiger partial charge >= 0.3 is 5.69 Å². The number of Topliss-reactive ketones (excluding diaryl/α,β-unsaturated/α-hetero) is 2. The molecule has 1 aromatic rings. The zero-order valence-corrected chi connectivity index (χ0v) is 15.3. The van der Waals surface area contributed by atoms with E-state index in [0.717, 1.165) is 5.57 Å². The number of hydrogen-bond acceptors (Lipinski definition) is 5. The maximum atomic E-state index is 12.4. The Hall–Kier alpha value is -3.02. The number of benzene rings is 1. The number of ketones is 2. The lowest BCUT2D eigenvalue weighted by Gasteiger charge is -2.17. The van der Waals surface area contributed by atoms with Gasteiger partial charge in [0.15, 0.2) is 17.3 Å². The van der Waals surface area contributed by atoms with E-state index in [1.165, 1.54) is 6.07 Å². The number of rotatable bonds is 6. The lowest BCUT2D eigenvalue weighted by Crippen LogP contribution is -2.20. The first-order valence-electron chi connectivity index (χ1n) is 8.22. The molecule has 0 heterocycles. The third-order valence-electron chi connectivity index (χ3n) is 4.48. The summed E-state index contributed by atoms with van der Waals surface area (Å²) in [5.41, 5.74) is 2.66. The van der Waals surface area contributed by atoms with Gasteiger partial charge in [0.2, 0.25) is 0 Å². The predicted octanol–water partition coefficient (Wildman–Crippen LogP) is 4.11. The van der Waals surface area contributed by atoms with E-state index < -0.39 is 4.92 Å². The molecule has 0 unspecified atom stereocenters. The molecule has 6 nitrogen and oxygen atoms in total. The summed E-state index contributed by atoms with van der Waals surface area (Å²) >= 11 is 0. The number of carbonyl (C=O) groups excluding carboxylic acids is 2. The Kier molecular flexibility index (Phi) is 5.87. The Morgan fingerprint density at radius 1 is 1.08 bits per heavy atom. The molecule has 0 bridgehead atoms. The first-order chi connectivity index (χ1) is 12.2. The van der Waals surface area contributed by atoms with Crippen molar-refractivity contribution < 1.29 is 19.2 Å². The zero-order chi connectivity index (χ0) is 19.4. The molecule has 0 atom stereocenters. The number of hydrogen-bond donors (Lipinski definition) is 0. The maximum Gasteiger partial charge on any atom is 0.310 e. The quantitative estimate of drug-likeness (QED) is 0.332. The van der Waals surface area contributed by atoms with Crippen LogP contribution in [-0.4, -0.2) is 23.1 Å². The summed E-state index contributed by atoms with van der Waals surface area (Å²) in [5, 5.41) is 11.0. The highest BCUT2D eigenvalue weighted by Crippen LogP contribution is 2.28. The summed E-state index contributed by atoms with van der Waals surface area (Å²) in [5.74, 6) is -0.0125. The summed E-state index contributed by atoms with van der Waals surface area (Å²) < 4.78 is 5.53. The highest BCUT2D eigenvalue weighted by Gasteiger charge is 2.26. The predicted molar refractivity (Wildman–Crippen MR) is 98.1 cm³/mol. The maximum absolute atomic E-state index is 12.4. The highest BCUT2D eigenvalue weighted by atomic mass is 16.6. The number of carbonyl (C=O) groups is 2. The molecule has 26 heavy (non-hydrogen) atoms. The lowest BCUT2D eigenvalue weighted by molar-refractivity contribution is -0.385. The van der Waals surface area contributed by atoms with E-state index >= 15 is 0 Å². The van der Waals surface area contributed by atoms with Crippen molar-refractivity contribution in [3.8, 4) is 5.75 Å². The van der Waals surface area contributed by atoms with E-state index in [0.29, 0.717) is 28.7 Å². The van der Waals surface area contributed by atoms with Crippen LogP contribution in [0.3, 0.4) is 0 Å². The van der Waals surface area contributed by atoms with Crippen LogP contribution in [0.5, 0.6) is 5.75 Å². The van der Waals surface area contributed by atoms with E-state index in [1.54, 1.807) is 39.0 Å². The van der Waals surface area contributed by atoms with Crippen LogP contribution in [0.4, 0.5) is 5.69 Å². The van der Waals surface area contributed by atoms with Crippen LogP contribution in [0, 0.1) is 10.1 Å². The summed E-state index contributed by atoms with van der Waals surface area (Å²) in [7, 11) is 0. The van der Waals surface area contributed by atoms with Crippen molar-refractivity contribution in [1.82, 2.24) is 0 Å². The fourth-order valence-corrected chi connectivity index (χ4v) is 2.66. The molecule has 1 aliphatic carbocycles. The van der Waals surface area contributed by atoms with Crippen molar-refractivity contribution in [2.45, 2.75) is 34.1 Å². The van der Waals surface area contributed by atoms with Gasteiger partial charge in [0.25, 0.3) is 0 Å². The molecule has 0 saturated heterocycles. The number of nitro benzene ring substituents is 1. The average Bonchev–Trinajstić information content (AvgIpc) is 2.63. The molecule has 0 aromatic heterocycles. The number of nitro groups is 1. The van der Waals surface area contributed by atoms with Crippen molar-refractivity contribution >= 4 is 17.3 Å². The van der Waals surface area contributed by atoms with Gasteiger partial charge < -0.3 is 4.74 Å². The molecule has 136 valence electrons. The monoisotopic (exact) mass is 355 g/mol. The molecular formula is C20H21NO5. The first-order valence-corrected chi connectivity index (χ1v) is 8.22. The van der Waals surface area contributed by atoms with E-state index in [9.17, 15) is 19.7 Å². The topological polar surface area (TPSA) is 86.5 Å². The van der Waals surface area contributed by atoms with Gasteiger partial charge in [0.1, 0.15) is 6.61 Å². The van der Waals surface area contributed by atoms with Crippen molar-refractivity contribution in [3.05, 3.63) is 68.3 Å². The Balaban J connectivity index is 2.09. The van der Waals surface area contributed by atoms with Gasteiger partial charge in [-0.05, 0) is 45.8 Å². The molecule has 6 heteroatoms. The third kappa shape index (κ3) is 3.96. The second-order valence-electron chi connectivity index (χ2n) is 6.28. The zero-order valence-electron chi connectivity index (χ0n) is 15.3. The second kappa shape index (κ2) is 7.91. The summed E-state index contributed by atoms with van der Waals surface area (Å²) in [6.45, 7) is 6.97. The molecule has 1 aliphatic rings. The van der Waals surface area contributed by atoms with Crippen molar-refractivity contribution in [2.75, 3.05) is 6.61 Å². The van der Waals surface area contributed by atoms with Gasteiger partial charge in [0.05, 0.1) is 4.92 Å². The fraction of sp³-hybridized carbons (Fsp3) is 0.300. The highest BCUT2D eigenvalue weighted by molar-refractivity contribution is 6.24. The SMILES string of the molecule is CC1=C(C)C(=O)C(C/C=C(\C)COc2ccccc2[N+](=O)[O-])=C(C)C1=O. The molecule has 0 radical (unpaired) electrons. The largest absolute Gasteiger partial charge is 0.482 e.